The Balaban J connectivity index is 2.15. The van der Waals surface area contributed by atoms with Crippen molar-refractivity contribution in [3.63, 3.8) is 0 Å². The molecule has 0 saturated carbocycles. The molecule has 0 spiro atoms. The van der Waals surface area contributed by atoms with Gasteiger partial charge in [-0.3, -0.25) is 4.68 Å². The number of hydrogen-bond donors (Lipinski definition) is 1. The van der Waals surface area contributed by atoms with Crippen LogP contribution >= 0.6 is 11.6 Å². The van der Waals surface area contributed by atoms with E-state index in [1.165, 1.54) is 5.56 Å². The van der Waals surface area contributed by atoms with Crippen molar-refractivity contribution in [1.29, 1.82) is 0 Å². The lowest BCUT2D eigenvalue weighted by molar-refractivity contribution is 0.704. The predicted molar refractivity (Wildman–Crippen MR) is 68.0 cm³/mol. The number of benzene rings is 1. The Labute approximate surface area is 105 Å². The van der Waals surface area contributed by atoms with Crippen molar-refractivity contribution in [3.05, 3.63) is 46.5 Å². The Bertz CT molecular complexity index is 490. The van der Waals surface area contributed by atoms with Gasteiger partial charge in [0, 0.05) is 24.9 Å². The molecule has 0 unspecified atom stereocenters. The van der Waals surface area contributed by atoms with Crippen molar-refractivity contribution in [1.82, 2.24) is 14.8 Å². The smallest absolute Gasteiger partial charge is 0.152 e. The van der Waals surface area contributed by atoms with Gasteiger partial charge < -0.3 is 5.73 Å². The molecular formula is C12H15ClN4. The molecule has 2 rings (SSSR count). The molecule has 1 aromatic heterocycles. The first-order valence-corrected chi connectivity index (χ1v) is 5.90. The minimum atomic E-state index is 0.574. The number of aryl methyl sites for hydroxylation is 1. The Morgan fingerprint density at radius 2 is 2.00 bits per heavy atom. The molecule has 0 radical (unpaired) electrons. The lowest BCUT2D eigenvalue weighted by Gasteiger charge is -2.00. The number of nitrogens with two attached hydrogens (primary N) is 1. The van der Waals surface area contributed by atoms with Gasteiger partial charge >= 0.3 is 0 Å². The van der Waals surface area contributed by atoms with Crippen molar-refractivity contribution in [3.8, 4) is 0 Å². The van der Waals surface area contributed by atoms with E-state index in [2.05, 4.69) is 10.1 Å². The highest BCUT2D eigenvalue weighted by molar-refractivity contribution is 6.30. The third-order valence-electron chi connectivity index (χ3n) is 2.54. The Kier molecular flexibility index (Phi) is 3.76. The molecule has 5 heteroatoms. The number of nitrogens with zero attached hydrogens (tertiary/aromatic N) is 3. The van der Waals surface area contributed by atoms with Gasteiger partial charge in [-0.25, -0.2) is 4.98 Å². The first kappa shape index (κ1) is 12.1. The van der Waals surface area contributed by atoms with Crippen LogP contribution in [0.1, 0.15) is 17.2 Å². The summed E-state index contributed by atoms with van der Waals surface area (Å²) in [4.78, 5) is 4.46. The topological polar surface area (TPSA) is 56.7 Å². The van der Waals surface area contributed by atoms with E-state index in [0.29, 0.717) is 13.0 Å². The fraction of sp³-hybridized carbons (Fsp3) is 0.333. The van der Waals surface area contributed by atoms with Gasteiger partial charge in [-0.15, -0.1) is 0 Å². The summed E-state index contributed by atoms with van der Waals surface area (Å²) in [5.74, 6) is 1.75. The van der Waals surface area contributed by atoms with Crippen LogP contribution in [0, 0.1) is 0 Å². The molecule has 0 saturated heterocycles. The first-order valence-electron chi connectivity index (χ1n) is 5.52. The molecule has 0 bridgehead atoms. The zero-order valence-electron chi connectivity index (χ0n) is 9.73. The molecule has 2 N–H and O–H groups in total. The van der Waals surface area contributed by atoms with E-state index in [4.69, 9.17) is 17.3 Å². The van der Waals surface area contributed by atoms with Crippen LogP contribution in [0.2, 0.25) is 5.02 Å². The van der Waals surface area contributed by atoms with E-state index in [1.54, 1.807) is 4.68 Å². The largest absolute Gasteiger partial charge is 0.330 e. The van der Waals surface area contributed by atoms with Crippen molar-refractivity contribution < 1.29 is 0 Å². The third kappa shape index (κ3) is 3.05. The second kappa shape index (κ2) is 5.29. The fourth-order valence-electron chi connectivity index (χ4n) is 1.65. The van der Waals surface area contributed by atoms with Gasteiger partial charge in [-0.2, -0.15) is 5.10 Å². The van der Waals surface area contributed by atoms with Crippen LogP contribution in [0.15, 0.2) is 24.3 Å². The number of aromatic nitrogens is 3. The standard InChI is InChI=1S/C12H15ClN4/c1-17-12(15-11(16-17)6-7-14)8-9-2-4-10(13)5-3-9/h2-5H,6-8,14H2,1H3. The van der Waals surface area contributed by atoms with Crippen molar-refractivity contribution in [2.75, 3.05) is 6.54 Å². The highest BCUT2D eigenvalue weighted by Crippen LogP contribution is 2.12. The van der Waals surface area contributed by atoms with Gasteiger partial charge in [0.25, 0.3) is 0 Å². The summed E-state index contributed by atoms with van der Waals surface area (Å²) in [5.41, 5.74) is 6.66. The molecule has 0 amide bonds. The molecule has 90 valence electrons. The lowest BCUT2D eigenvalue weighted by atomic mass is 10.1. The Morgan fingerprint density at radius 3 is 2.65 bits per heavy atom. The summed E-state index contributed by atoms with van der Waals surface area (Å²) < 4.78 is 1.81. The summed E-state index contributed by atoms with van der Waals surface area (Å²) in [7, 11) is 1.90. The monoisotopic (exact) mass is 250 g/mol. The molecule has 1 aromatic carbocycles. The SMILES string of the molecule is Cn1nc(CCN)nc1Cc1ccc(Cl)cc1. The van der Waals surface area contributed by atoms with Gasteiger partial charge in [0.2, 0.25) is 0 Å². The predicted octanol–water partition coefficient (Wildman–Crippen LogP) is 1.56. The van der Waals surface area contributed by atoms with Crippen molar-refractivity contribution in [2.24, 2.45) is 12.8 Å². The normalized spacial score (nSPS) is 10.8. The summed E-state index contributed by atoms with van der Waals surface area (Å²) in [6, 6.07) is 7.77. The quantitative estimate of drug-likeness (QED) is 0.896. The van der Waals surface area contributed by atoms with Crippen LogP contribution in [-0.2, 0) is 19.9 Å². The minimum Gasteiger partial charge on any atom is -0.330 e. The third-order valence-corrected chi connectivity index (χ3v) is 2.79. The fourth-order valence-corrected chi connectivity index (χ4v) is 1.77. The van der Waals surface area contributed by atoms with Crippen LogP contribution in [-0.4, -0.2) is 21.3 Å². The number of rotatable bonds is 4. The van der Waals surface area contributed by atoms with Crippen molar-refractivity contribution in [2.45, 2.75) is 12.8 Å². The van der Waals surface area contributed by atoms with Gasteiger partial charge in [0.1, 0.15) is 5.82 Å². The second-order valence-electron chi connectivity index (χ2n) is 3.91. The molecule has 0 atom stereocenters. The van der Waals surface area contributed by atoms with Crippen molar-refractivity contribution >= 4 is 11.6 Å². The molecule has 0 aliphatic heterocycles. The summed E-state index contributed by atoms with van der Waals surface area (Å²) >= 11 is 5.84. The number of hydrogen-bond acceptors (Lipinski definition) is 3. The zero-order valence-corrected chi connectivity index (χ0v) is 10.5. The molecule has 0 aliphatic rings. The van der Waals surface area contributed by atoms with Crippen LogP contribution < -0.4 is 5.73 Å². The number of halogens is 1. The molecule has 17 heavy (non-hydrogen) atoms. The zero-order chi connectivity index (χ0) is 12.3. The molecule has 4 nitrogen and oxygen atoms in total. The summed E-state index contributed by atoms with van der Waals surface area (Å²) in [5, 5.41) is 5.06. The van der Waals surface area contributed by atoms with E-state index in [0.717, 1.165) is 23.1 Å². The van der Waals surface area contributed by atoms with Gasteiger partial charge in [0.15, 0.2) is 5.82 Å². The summed E-state index contributed by atoms with van der Waals surface area (Å²) in [6.45, 7) is 0.574. The molecular weight excluding hydrogens is 236 g/mol. The van der Waals surface area contributed by atoms with E-state index in [-0.39, 0.29) is 0 Å². The van der Waals surface area contributed by atoms with Gasteiger partial charge in [0.05, 0.1) is 0 Å². The average Bonchev–Trinajstić information content (AvgIpc) is 2.63. The van der Waals surface area contributed by atoms with Gasteiger partial charge in [-0.05, 0) is 24.2 Å². The van der Waals surface area contributed by atoms with Crippen LogP contribution in [0.3, 0.4) is 0 Å². The maximum absolute atomic E-state index is 5.84. The van der Waals surface area contributed by atoms with Crippen LogP contribution in [0.4, 0.5) is 0 Å². The molecule has 2 aromatic rings. The van der Waals surface area contributed by atoms with E-state index < -0.39 is 0 Å². The lowest BCUT2D eigenvalue weighted by Crippen LogP contribution is -2.04. The van der Waals surface area contributed by atoms with E-state index in [9.17, 15) is 0 Å². The van der Waals surface area contributed by atoms with Crippen LogP contribution in [0.5, 0.6) is 0 Å². The molecule has 1 heterocycles. The highest BCUT2D eigenvalue weighted by Gasteiger charge is 2.07. The Morgan fingerprint density at radius 1 is 1.29 bits per heavy atom. The van der Waals surface area contributed by atoms with Gasteiger partial charge in [-0.1, -0.05) is 23.7 Å². The minimum absolute atomic E-state index is 0.574. The van der Waals surface area contributed by atoms with E-state index in [1.807, 2.05) is 31.3 Å². The summed E-state index contributed by atoms with van der Waals surface area (Å²) in [6.07, 6.45) is 1.47. The average molecular weight is 251 g/mol. The van der Waals surface area contributed by atoms with Crippen LogP contribution in [0.25, 0.3) is 0 Å². The first-order chi connectivity index (χ1) is 8.19. The maximum Gasteiger partial charge on any atom is 0.152 e. The van der Waals surface area contributed by atoms with E-state index >= 15 is 0 Å². The second-order valence-corrected chi connectivity index (χ2v) is 4.35. The Hall–Kier alpha value is -1.39. The molecule has 0 fully saturated rings. The maximum atomic E-state index is 5.84. The highest BCUT2D eigenvalue weighted by atomic mass is 35.5. The molecule has 0 aliphatic carbocycles.